The second-order valence-electron chi connectivity index (χ2n) is 14.1. The average molecular weight is 722 g/mol. The van der Waals surface area contributed by atoms with Gasteiger partial charge in [-0.15, -0.1) is 0 Å². The largest absolute Gasteiger partial charge is 0.495 e. The molecule has 1 aromatic rings. The Labute approximate surface area is 297 Å². The van der Waals surface area contributed by atoms with E-state index in [9.17, 15) is 24.3 Å². The van der Waals surface area contributed by atoms with E-state index in [1.165, 1.54) is 31.1 Å². The lowest BCUT2D eigenvalue weighted by Crippen LogP contribution is -2.63. The average Bonchev–Trinajstić information content (AvgIpc) is 3.95. The molecule has 2 N–H and O–H groups in total. The normalized spacial score (nSPS) is 35.9. The van der Waals surface area contributed by atoms with Crippen molar-refractivity contribution in [2.24, 2.45) is 5.92 Å². The van der Waals surface area contributed by atoms with E-state index < -0.39 is 71.3 Å². The standard InChI is InChI=1S/C35H48ClN3O11/c1-10-27(40)38(6)19(3)31(42)48-26-15-28(41)39(7)21-13-20(14-22(45-8)29(21)36)16-33(4)24(49-33)11-12-25(46-9)35(44)17-23(47-32(43)37-35)18(2)30-34(26,5)50-30/h11-14,18-19,23-26,30,44H,10,15-17H2,1-9H3,(H,37,43). The summed E-state index contributed by atoms with van der Waals surface area (Å²) in [5.74, 6) is -1.57. The molecule has 0 saturated carbocycles. The van der Waals surface area contributed by atoms with Gasteiger partial charge in [0.05, 0.1) is 25.3 Å². The van der Waals surface area contributed by atoms with Crippen molar-refractivity contribution in [1.82, 2.24) is 10.2 Å². The number of halogens is 1. The third kappa shape index (κ3) is 7.18. The van der Waals surface area contributed by atoms with Crippen LogP contribution in [0.3, 0.4) is 0 Å². The minimum absolute atomic E-state index is 0.0569. The van der Waals surface area contributed by atoms with Gasteiger partial charge in [-0.05, 0) is 38.5 Å². The van der Waals surface area contributed by atoms with Crippen LogP contribution >= 0.6 is 11.6 Å². The lowest BCUT2D eigenvalue weighted by molar-refractivity contribution is -0.162. The third-order valence-corrected chi connectivity index (χ3v) is 11.0. The van der Waals surface area contributed by atoms with Gasteiger partial charge in [0, 0.05) is 46.4 Å². The van der Waals surface area contributed by atoms with Crippen LogP contribution in [0.5, 0.6) is 5.75 Å². The van der Waals surface area contributed by atoms with E-state index in [1.807, 2.05) is 6.92 Å². The number of amides is 3. The lowest BCUT2D eigenvalue weighted by Gasteiger charge is -2.42. The topological polar surface area (TPSA) is 169 Å². The SMILES string of the molecule is CCC(=O)N(C)C(C)C(=O)OC1CC(=O)N(C)c2cc(cc(OC)c2Cl)CC2(C)OC2C=CC(OC)C2(O)CC(OC(=O)N2)C(C)C2OC12C. The van der Waals surface area contributed by atoms with E-state index in [4.69, 9.17) is 40.0 Å². The number of aliphatic hydroxyl groups is 1. The molecule has 0 radical (unpaired) electrons. The van der Waals surface area contributed by atoms with E-state index in [-0.39, 0.29) is 36.3 Å². The molecule has 14 nitrogen and oxygen atoms in total. The van der Waals surface area contributed by atoms with E-state index in [0.29, 0.717) is 17.9 Å². The molecular formula is C35H48ClN3O11. The van der Waals surface area contributed by atoms with Crippen molar-refractivity contribution in [3.8, 4) is 5.75 Å². The van der Waals surface area contributed by atoms with Crippen molar-refractivity contribution in [3.63, 3.8) is 0 Å². The van der Waals surface area contributed by atoms with E-state index in [1.54, 1.807) is 59.0 Å². The van der Waals surface area contributed by atoms with Crippen molar-refractivity contribution < 1.29 is 52.7 Å². The number of nitrogens with one attached hydrogen (secondary N) is 1. The maximum Gasteiger partial charge on any atom is 0.409 e. The van der Waals surface area contributed by atoms with Crippen LogP contribution in [-0.4, -0.2) is 116 Å². The number of hydrogen-bond acceptors (Lipinski definition) is 11. The number of rotatable bonds is 6. The molecule has 3 fully saturated rings. The van der Waals surface area contributed by atoms with E-state index in [2.05, 4.69) is 5.32 Å². The van der Waals surface area contributed by atoms with Crippen molar-refractivity contribution in [2.45, 2.75) is 114 Å². The van der Waals surface area contributed by atoms with Crippen LogP contribution in [0.2, 0.25) is 5.02 Å². The fraction of sp³-hybridized carbons (Fsp3) is 0.657. The maximum atomic E-state index is 14.1. The summed E-state index contributed by atoms with van der Waals surface area (Å²) in [6, 6.07) is 2.62. The van der Waals surface area contributed by atoms with Crippen molar-refractivity contribution in [1.29, 1.82) is 0 Å². The van der Waals surface area contributed by atoms with E-state index in [0.717, 1.165) is 5.56 Å². The summed E-state index contributed by atoms with van der Waals surface area (Å²) in [5.41, 5.74) is -2.51. The second-order valence-corrected chi connectivity index (χ2v) is 14.5. The second kappa shape index (κ2) is 13.9. The molecule has 15 heteroatoms. The van der Waals surface area contributed by atoms with Crippen LogP contribution in [0, 0.1) is 5.92 Å². The molecule has 276 valence electrons. The summed E-state index contributed by atoms with van der Waals surface area (Å²) in [6.07, 6.45) is -1.07. The maximum absolute atomic E-state index is 14.1. The van der Waals surface area contributed by atoms with Gasteiger partial charge in [0.2, 0.25) is 11.8 Å². The lowest BCUT2D eigenvalue weighted by atomic mass is 9.83. The van der Waals surface area contributed by atoms with Gasteiger partial charge in [0.1, 0.15) is 52.4 Å². The number of alkyl carbamates (subject to hydrolysis) is 1. The Morgan fingerprint density at radius 3 is 2.54 bits per heavy atom. The number of likely N-dealkylation sites (N-methyl/N-ethyl adjacent to an activating group) is 1. The van der Waals surface area contributed by atoms with Gasteiger partial charge in [-0.1, -0.05) is 37.6 Å². The highest BCUT2D eigenvalue weighted by atomic mass is 35.5. The van der Waals surface area contributed by atoms with Crippen LogP contribution in [0.1, 0.15) is 59.4 Å². The summed E-state index contributed by atoms with van der Waals surface area (Å²) in [5, 5.41) is 14.5. The Balaban J connectivity index is 1.55. The number of anilines is 1. The Morgan fingerprint density at radius 1 is 1.20 bits per heavy atom. The van der Waals surface area contributed by atoms with Gasteiger partial charge in [0.25, 0.3) is 0 Å². The first-order valence-corrected chi connectivity index (χ1v) is 17.2. The zero-order valence-electron chi connectivity index (χ0n) is 30.0. The predicted octanol–water partition coefficient (Wildman–Crippen LogP) is 3.14. The number of benzene rings is 1. The van der Waals surface area contributed by atoms with Gasteiger partial charge < -0.3 is 43.3 Å². The predicted molar refractivity (Wildman–Crippen MR) is 181 cm³/mol. The van der Waals surface area contributed by atoms with Crippen LogP contribution in [-0.2, 0) is 44.5 Å². The molecule has 5 rings (SSSR count). The van der Waals surface area contributed by atoms with Gasteiger partial charge in [-0.3, -0.25) is 14.9 Å². The first-order chi connectivity index (χ1) is 23.4. The number of ether oxygens (including phenoxy) is 6. The monoisotopic (exact) mass is 721 g/mol. The molecule has 4 bridgehead atoms. The number of methoxy groups -OCH3 is 2. The number of carbonyl (C=O) groups is 4. The quantitative estimate of drug-likeness (QED) is 0.252. The number of nitrogens with zero attached hydrogens (tertiary/aromatic N) is 2. The van der Waals surface area contributed by atoms with Gasteiger partial charge in [-0.2, -0.15) is 0 Å². The van der Waals surface area contributed by atoms with Gasteiger partial charge in [-0.25, -0.2) is 9.59 Å². The molecule has 10 atom stereocenters. The molecule has 3 saturated heterocycles. The van der Waals surface area contributed by atoms with E-state index >= 15 is 0 Å². The highest BCUT2D eigenvalue weighted by molar-refractivity contribution is 6.35. The highest BCUT2D eigenvalue weighted by Gasteiger charge is 2.64. The Morgan fingerprint density at radius 2 is 1.90 bits per heavy atom. The molecule has 1 aromatic carbocycles. The molecule has 4 aliphatic heterocycles. The molecule has 0 spiro atoms. The van der Waals surface area contributed by atoms with Crippen molar-refractivity contribution in [3.05, 3.63) is 34.9 Å². The van der Waals surface area contributed by atoms with Crippen molar-refractivity contribution >= 4 is 41.2 Å². The van der Waals surface area contributed by atoms with Crippen LogP contribution in [0.15, 0.2) is 24.3 Å². The summed E-state index contributed by atoms with van der Waals surface area (Å²) in [4.78, 5) is 55.5. The summed E-state index contributed by atoms with van der Waals surface area (Å²) in [7, 11) is 5.99. The third-order valence-electron chi connectivity index (χ3n) is 10.6. The first kappa shape index (κ1) is 37.8. The minimum Gasteiger partial charge on any atom is -0.495 e. The number of carbonyl (C=O) groups excluding carboxylic acids is 4. The summed E-state index contributed by atoms with van der Waals surface area (Å²) < 4.78 is 35.2. The number of epoxide rings is 2. The smallest absolute Gasteiger partial charge is 0.409 e. The summed E-state index contributed by atoms with van der Waals surface area (Å²) >= 11 is 6.75. The molecule has 0 aromatic heterocycles. The molecule has 50 heavy (non-hydrogen) atoms. The number of esters is 1. The fourth-order valence-corrected chi connectivity index (χ4v) is 7.33. The highest BCUT2D eigenvalue weighted by Crippen LogP contribution is 2.49. The molecule has 4 aliphatic rings. The van der Waals surface area contributed by atoms with Gasteiger partial charge >= 0.3 is 12.1 Å². The molecule has 3 amide bonds. The summed E-state index contributed by atoms with van der Waals surface area (Å²) in [6.45, 7) is 8.68. The van der Waals surface area contributed by atoms with Gasteiger partial charge in [0.15, 0.2) is 5.72 Å². The Bertz CT molecular complexity index is 1560. The van der Waals surface area contributed by atoms with Crippen LogP contribution in [0.4, 0.5) is 10.5 Å². The number of hydrogen-bond donors (Lipinski definition) is 2. The first-order valence-electron chi connectivity index (χ1n) is 16.8. The molecule has 10 unspecified atom stereocenters. The minimum atomic E-state index is -1.84. The Kier molecular flexibility index (Phi) is 10.5. The molecule has 4 heterocycles. The van der Waals surface area contributed by atoms with Crippen LogP contribution < -0.4 is 15.0 Å². The Hall–Kier alpha value is -3.43. The molecular weight excluding hydrogens is 674 g/mol. The van der Waals surface area contributed by atoms with Crippen molar-refractivity contribution in [2.75, 3.05) is 33.2 Å². The zero-order chi connectivity index (χ0) is 36.9. The molecule has 0 aliphatic carbocycles. The fourth-order valence-electron chi connectivity index (χ4n) is 7.01. The zero-order valence-corrected chi connectivity index (χ0v) is 30.7. The number of fused-ring (bicyclic) bond motifs is 6. The van der Waals surface area contributed by atoms with Crippen LogP contribution in [0.25, 0.3) is 0 Å².